The van der Waals surface area contributed by atoms with Crippen LogP contribution in [0.5, 0.6) is 0 Å². The average Bonchev–Trinajstić information content (AvgIpc) is 3.11. The molecule has 3 heterocycles. The zero-order valence-corrected chi connectivity index (χ0v) is 17.3. The van der Waals surface area contributed by atoms with Crippen LogP contribution in [-0.2, 0) is 19.6 Å². The van der Waals surface area contributed by atoms with Gasteiger partial charge in [0.25, 0.3) is 0 Å². The smallest absolute Gasteiger partial charge is 0.298 e. The van der Waals surface area contributed by atoms with E-state index in [1.54, 1.807) is 16.7 Å². The van der Waals surface area contributed by atoms with Crippen LogP contribution in [0.25, 0.3) is 0 Å². The maximum Gasteiger partial charge on any atom is 0.332 e. The molecule has 5 rings (SSSR count). The molecule has 1 aromatic heterocycles. The molecule has 7 heteroatoms. The summed E-state index contributed by atoms with van der Waals surface area (Å²) in [5.41, 5.74) is 0.0699. The van der Waals surface area contributed by atoms with Gasteiger partial charge in [-0.3, -0.25) is 19.1 Å². The predicted octanol–water partition coefficient (Wildman–Crippen LogP) is 2.74. The van der Waals surface area contributed by atoms with Gasteiger partial charge in [0.2, 0.25) is 0 Å². The maximum absolute atomic E-state index is 13.6. The standard InChI is InChI=1S/C23H29FN4O2/c24-19-8-4-7-17(11-19)12-26-10-9-18-14-27-21(20(18)15-26)25-28(23(30)22(27)29)13-16-5-2-1-3-6-16/h4,7-8,11,16,18,20H,1-3,5-6,9-10,12-15H2/t18-,20-/m1/s1. The molecule has 6 nitrogen and oxygen atoms in total. The first-order valence-electron chi connectivity index (χ1n) is 11.3. The highest BCUT2D eigenvalue weighted by molar-refractivity contribution is 5.17. The Bertz CT molecular complexity index is 1040. The van der Waals surface area contributed by atoms with Crippen LogP contribution in [0.15, 0.2) is 33.9 Å². The molecule has 0 bridgehead atoms. The summed E-state index contributed by atoms with van der Waals surface area (Å²) in [4.78, 5) is 27.8. The second-order valence-corrected chi connectivity index (χ2v) is 9.29. The Morgan fingerprint density at radius 2 is 1.87 bits per heavy atom. The number of piperidine rings is 1. The van der Waals surface area contributed by atoms with Crippen LogP contribution in [0, 0.1) is 17.7 Å². The van der Waals surface area contributed by atoms with Crippen molar-refractivity contribution in [1.82, 2.24) is 19.2 Å². The molecule has 0 amide bonds. The van der Waals surface area contributed by atoms with E-state index in [1.807, 2.05) is 6.07 Å². The van der Waals surface area contributed by atoms with E-state index < -0.39 is 11.1 Å². The van der Waals surface area contributed by atoms with Crippen LogP contribution in [0.1, 0.15) is 55.8 Å². The second kappa shape index (κ2) is 8.10. The van der Waals surface area contributed by atoms with E-state index in [2.05, 4.69) is 4.90 Å². The Hall–Kier alpha value is -2.28. The summed E-state index contributed by atoms with van der Waals surface area (Å²) in [6.45, 7) is 3.54. The highest BCUT2D eigenvalue weighted by atomic mass is 19.1. The van der Waals surface area contributed by atoms with E-state index in [0.29, 0.717) is 31.5 Å². The van der Waals surface area contributed by atoms with E-state index in [9.17, 15) is 14.0 Å². The highest BCUT2D eigenvalue weighted by Gasteiger charge is 2.40. The van der Waals surface area contributed by atoms with Gasteiger partial charge in [0, 0.05) is 32.1 Å². The van der Waals surface area contributed by atoms with Gasteiger partial charge in [-0.05, 0) is 55.3 Å². The fourth-order valence-corrected chi connectivity index (χ4v) is 5.59. The Morgan fingerprint density at radius 3 is 2.67 bits per heavy atom. The summed E-state index contributed by atoms with van der Waals surface area (Å²) in [5.74, 6) is 1.49. The third-order valence-electron chi connectivity index (χ3n) is 7.20. The summed E-state index contributed by atoms with van der Waals surface area (Å²) >= 11 is 0. The molecule has 1 saturated carbocycles. The molecular formula is C23H29FN4O2. The minimum atomic E-state index is -0.473. The molecule has 3 aliphatic rings. The number of hydrogen-bond donors (Lipinski definition) is 0. The molecule has 160 valence electrons. The molecule has 2 aromatic rings. The van der Waals surface area contributed by atoms with E-state index in [0.717, 1.165) is 43.7 Å². The monoisotopic (exact) mass is 412 g/mol. The lowest BCUT2D eigenvalue weighted by atomic mass is 9.87. The van der Waals surface area contributed by atoms with Gasteiger partial charge in [0.15, 0.2) is 0 Å². The first-order valence-corrected chi connectivity index (χ1v) is 11.3. The molecule has 2 aliphatic heterocycles. The van der Waals surface area contributed by atoms with Crippen LogP contribution in [0.4, 0.5) is 4.39 Å². The third kappa shape index (κ3) is 3.75. The van der Waals surface area contributed by atoms with Crippen molar-refractivity contribution < 1.29 is 4.39 Å². The second-order valence-electron chi connectivity index (χ2n) is 9.29. The van der Waals surface area contributed by atoms with Crippen molar-refractivity contribution in [2.75, 3.05) is 13.1 Å². The topological polar surface area (TPSA) is 60.1 Å². The number of nitrogens with zero attached hydrogens (tertiary/aromatic N) is 4. The first kappa shape index (κ1) is 19.7. The molecule has 0 radical (unpaired) electrons. The van der Waals surface area contributed by atoms with Gasteiger partial charge in [-0.2, -0.15) is 5.10 Å². The maximum atomic E-state index is 13.6. The summed E-state index contributed by atoms with van der Waals surface area (Å²) in [7, 11) is 0. The van der Waals surface area contributed by atoms with Crippen molar-refractivity contribution in [2.24, 2.45) is 11.8 Å². The zero-order valence-electron chi connectivity index (χ0n) is 17.3. The van der Waals surface area contributed by atoms with Crippen molar-refractivity contribution in [3.8, 4) is 0 Å². The summed E-state index contributed by atoms with van der Waals surface area (Å²) in [6.07, 6.45) is 6.84. The van der Waals surface area contributed by atoms with Gasteiger partial charge in [-0.25, -0.2) is 9.07 Å². The van der Waals surface area contributed by atoms with Gasteiger partial charge in [-0.15, -0.1) is 0 Å². The number of aromatic nitrogens is 3. The molecular weight excluding hydrogens is 383 g/mol. The average molecular weight is 413 g/mol. The minimum Gasteiger partial charge on any atom is -0.298 e. The van der Waals surface area contributed by atoms with Crippen molar-refractivity contribution in [1.29, 1.82) is 0 Å². The predicted molar refractivity (Wildman–Crippen MR) is 112 cm³/mol. The van der Waals surface area contributed by atoms with Gasteiger partial charge < -0.3 is 0 Å². The fraction of sp³-hybridized carbons (Fsp3) is 0.609. The summed E-state index contributed by atoms with van der Waals surface area (Å²) in [5, 5.41) is 4.73. The van der Waals surface area contributed by atoms with Gasteiger partial charge in [0.1, 0.15) is 11.6 Å². The molecule has 1 aromatic carbocycles. The molecule has 1 saturated heterocycles. The first-order chi connectivity index (χ1) is 14.6. The Labute approximate surface area is 175 Å². The lowest BCUT2D eigenvalue weighted by Gasteiger charge is -2.34. The van der Waals surface area contributed by atoms with Crippen molar-refractivity contribution >= 4 is 0 Å². The van der Waals surface area contributed by atoms with Crippen LogP contribution in [0.2, 0.25) is 0 Å². The van der Waals surface area contributed by atoms with Gasteiger partial charge in [-0.1, -0.05) is 31.4 Å². The number of halogens is 1. The number of likely N-dealkylation sites (tertiary alicyclic amines) is 1. The number of rotatable bonds is 4. The Morgan fingerprint density at radius 1 is 1.03 bits per heavy atom. The van der Waals surface area contributed by atoms with E-state index in [-0.39, 0.29) is 11.7 Å². The highest BCUT2D eigenvalue weighted by Crippen LogP contribution is 2.37. The molecule has 0 spiro atoms. The van der Waals surface area contributed by atoms with Gasteiger partial charge in [0.05, 0.1) is 0 Å². The largest absolute Gasteiger partial charge is 0.332 e. The Balaban J connectivity index is 1.38. The van der Waals surface area contributed by atoms with Crippen molar-refractivity contribution in [2.45, 2.75) is 64.1 Å². The van der Waals surface area contributed by atoms with E-state index in [1.165, 1.54) is 30.0 Å². The van der Waals surface area contributed by atoms with Crippen LogP contribution >= 0.6 is 0 Å². The molecule has 2 fully saturated rings. The zero-order chi connectivity index (χ0) is 20.7. The van der Waals surface area contributed by atoms with Crippen LogP contribution < -0.4 is 11.1 Å². The van der Waals surface area contributed by atoms with E-state index >= 15 is 0 Å². The van der Waals surface area contributed by atoms with Crippen LogP contribution in [0.3, 0.4) is 0 Å². The summed E-state index contributed by atoms with van der Waals surface area (Å²) < 4.78 is 16.6. The van der Waals surface area contributed by atoms with Crippen LogP contribution in [-0.4, -0.2) is 32.3 Å². The number of benzene rings is 1. The molecule has 2 atom stereocenters. The molecule has 1 aliphatic carbocycles. The lowest BCUT2D eigenvalue weighted by molar-refractivity contribution is 0.157. The van der Waals surface area contributed by atoms with Gasteiger partial charge >= 0.3 is 11.1 Å². The number of hydrogen-bond acceptors (Lipinski definition) is 4. The quantitative estimate of drug-likeness (QED) is 0.725. The number of fused-ring (bicyclic) bond motifs is 3. The van der Waals surface area contributed by atoms with E-state index in [4.69, 9.17) is 5.10 Å². The molecule has 0 unspecified atom stereocenters. The van der Waals surface area contributed by atoms with Crippen molar-refractivity contribution in [3.05, 3.63) is 62.2 Å². The Kier molecular flexibility index (Phi) is 5.31. The molecule has 30 heavy (non-hydrogen) atoms. The normalized spacial score (nSPS) is 24.6. The minimum absolute atomic E-state index is 0.151. The fourth-order valence-electron chi connectivity index (χ4n) is 5.59. The SMILES string of the molecule is O=c1c(=O)n2c(nn1CC1CCCCC1)[C@@H]1CN(Cc3cccc(F)c3)CC[C@@H]1C2. The van der Waals surface area contributed by atoms with Crippen molar-refractivity contribution in [3.63, 3.8) is 0 Å². The summed E-state index contributed by atoms with van der Waals surface area (Å²) in [6, 6.07) is 6.74. The third-order valence-corrected chi connectivity index (χ3v) is 7.20. The lowest BCUT2D eigenvalue weighted by Crippen LogP contribution is -2.44. The molecule has 0 N–H and O–H groups in total.